The molecule has 0 aliphatic heterocycles. The molecule has 0 saturated heterocycles. The van der Waals surface area contributed by atoms with E-state index in [4.69, 9.17) is 28.4 Å². The summed E-state index contributed by atoms with van der Waals surface area (Å²) in [5.41, 5.74) is 0. The summed E-state index contributed by atoms with van der Waals surface area (Å²) in [6, 6.07) is 0. The zero-order valence-corrected chi connectivity index (χ0v) is 20.7. The van der Waals surface area contributed by atoms with Gasteiger partial charge in [-0.3, -0.25) is 0 Å². The molecule has 0 N–H and O–H groups in total. The normalized spacial score (nSPS) is 15.0. The number of hydrogen-bond donors (Lipinski definition) is 0. The van der Waals surface area contributed by atoms with Gasteiger partial charge in [-0.1, -0.05) is 35.4 Å². The van der Waals surface area contributed by atoms with Crippen LogP contribution in [-0.2, 0) is 28.4 Å². The largest absolute Gasteiger partial charge is 0.327 e. The van der Waals surface area contributed by atoms with Crippen LogP contribution in [0.4, 0.5) is 0 Å². The third kappa shape index (κ3) is 8.30. The van der Waals surface area contributed by atoms with Crippen molar-refractivity contribution in [2.24, 2.45) is 0 Å². The molecule has 28 heavy (non-hydrogen) atoms. The van der Waals surface area contributed by atoms with Crippen molar-refractivity contribution in [1.29, 1.82) is 0 Å². The number of rotatable bonds is 19. The first-order valence-corrected chi connectivity index (χ1v) is 12.9. The van der Waals surface area contributed by atoms with E-state index in [0.717, 1.165) is 12.8 Å². The first-order valence-electron chi connectivity index (χ1n) is 10.6. The molecule has 0 fully saturated rings. The van der Waals surface area contributed by atoms with Gasteiger partial charge in [0.25, 0.3) is 11.9 Å². The maximum atomic E-state index is 5.99. The van der Waals surface area contributed by atoms with Crippen LogP contribution in [0.2, 0.25) is 0 Å². The average Bonchev–Trinajstić information content (AvgIpc) is 2.66. The minimum atomic E-state index is -1.06. The van der Waals surface area contributed by atoms with Gasteiger partial charge in [0.15, 0.2) is 0 Å². The highest BCUT2D eigenvalue weighted by atomic mass is 33.1. The summed E-state index contributed by atoms with van der Waals surface area (Å²) in [5, 5.41) is -0.0389. The maximum Gasteiger partial charge on any atom is 0.296 e. The fraction of sp³-hybridized carbons (Fsp3) is 1.00. The van der Waals surface area contributed by atoms with Crippen molar-refractivity contribution in [3.63, 3.8) is 0 Å². The fourth-order valence-corrected chi connectivity index (χ4v) is 6.42. The van der Waals surface area contributed by atoms with E-state index in [1.54, 1.807) is 21.6 Å². The molecule has 0 aliphatic rings. The Morgan fingerprint density at radius 3 is 0.821 bits per heavy atom. The van der Waals surface area contributed by atoms with Crippen molar-refractivity contribution in [3.05, 3.63) is 0 Å². The third-order valence-corrected chi connectivity index (χ3v) is 7.44. The molecule has 0 bridgehead atoms. The average molecular weight is 443 g/mol. The highest BCUT2D eigenvalue weighted by molar-refractivity contribution is 8.77. The molecule has 0 aromatic carbocycles. The third-order valence-electron chi connectivity index (χ3n) is 3.89. The molecule has 0 radical (unpaired) electrons. The van der Waals surface area contributed by atoms with E-state index in [2.05, 4.69) is 13.8 Å². The first-order chi connectivity index (χ1) is 13.5. The maximum absolute atomic E-state index is 5.99. The van der Waals surface area contributed by atoms with Crippen LogP contribution in [0, 0.1) is 0 Å². The molecule has 0 saturated carbocycles. The molecule has 0 aliphatic carbocycles. The molecular weight excluding hydrogens is 400 g/mol. The molecule has 0 amide bonds. The Morgan fingerprint density at radius 2 is 0.679 bits per heavy atom. The Kier molecular flexibility index (Phi) is 16.5. The van der Waals surface area contributed by atoms with Crippen molar-refractivity contribution in [2.45, 2.75) is 90.7 Å². The van der Waals surface area contributed by atoms with E-state index in [9.17, 15) is 0 Å². The van der Waals surface area contributed by atoms with Crippen LogP contribution in [0.15, 0.2) is 0 Å². The smallest absolute Gasteiger partial charge is 0.296 e. The Balaban J connectivity index is 5.53. The quantitative estimate of drug-likeness (QED) is 0.193. The lowest BCUT2D eigenvalue weighted by Crippen LogP contribution is -2.50. The van der Waals surface area contributed by atoms with E-state index in [1.807, 2.05) is 41.5 Å². The number of ether oxygens (including phenoxy) is 6. The van der Waals surface area contributed by atoms with Gasteiger partial charge in [-0.25, -0.2) is 0 Å². The topological polar surface area (TPSA) is 55.4 Å². The van der Waals surface area contributed by atoms with Crippen molar-refractivity contribution < 1.29 is 28.4 Å². The summed E-state index contributed by atoms with van der Waals surface area (Å²) in [7, 11) is 3.37. The molecule has 2 atom stereocenters. The lowest BCUT2D eigenvalue weighted by atomic mass is 10.3. The minimum absolute atomic E-state index is 0.0195. The monoisotopic (exact) mass is 442 g/mol. The van der Waals surface area contributed by atoms with Crippen molar-refractivity contribution in [1.82, 2.24) is 0 Å². The van der Waals surface area contributed by atoms with Crippen LogP contribution < -0.4 is 0 Å². The lowest BCUT2D eigenvalue weighted by molar-refractivity contribution is -0.376. The van der Waals surface area contributed by atoms with Gasteiger partial charge in [-0.2, -0.15) is 0 Å². The van der Waals surface area contributed by atoms with E-state index in [0.29, 0.717) is 39.6 Å². The van der Waals surface area contributed by atoms with Crippen LogP contribution in [0.25, 0.3) is 0 Å². The van der Waals surface area contributed by atoms with Gasteiger partial charge in [0, 0.05) is 39.6 Å². The van der Waals surface area contributed by atoms with Crippen LogP contribution >= 0.6 is 21.6 Å². The fourth-order valence-electron chi connectivity index (χ4n) is 2.90. The molecule has 0 rings (SSSR count). The van der Waals surface area contributed by atoms with Crippen LogP contribution in [0.5, 0.6) is 0 Å². The Morgan fingerprint density at radius 1 is 0.464 bits per heavy atom. The van der Waals surface area contributed by atoms with E-state index in [1.165, 1.54) is 0 Å². The zero-order valence-electron chi connectivity index (χ0n) is 19.1. The summed E-state index contributed by atoms with van der Waals surface area (Å²) in [5.74, 6) is -2.12. The van der Waals surface area contributed by atoms with Gasteiger partial charge in [-0.15, -0.1) is 0 Å². The van der Waals surface area contributed by atoms with Gasteiger partial charge < -0.3 is 28.4 Å². The second-order valence-corrected chi connectivity index (χ2v) is 8.47. The molecule has 2 unspecified atom stereocenters. The van der Waals surface area contributed by atoms with E-state index < -0.39 is 11.9 Å². The van der Waals surface area contributed by atoms with Crippen LogP contribution in [0.3, 0.4) is 0 Å². The standard InChI is InChI=1S/C20H42O6S2/c1-9-17(19(21-11-3,22-12-4)23-13-5)27-28-18(10-2)20(24-14-6,25-15-7)26-16-8/h17-18H,9-16H2,1-8H3. The molecular formula is C20H42O6S2. The van der Waals surface area contributed by atoms with Gasteiger partial charge >= 0.3 is 0 Å². The molecule has 0 spiro atoms. The summed E-state index contributed by atoms with van der Waals surface area (Å²) in [6.07, 6.45) is 1.66. The summed E-state index contributed by atoms with van der Waals surface area (Å²) in [4.78, 5) is 0. The van der Waals surface area contributed by atoms with Gasteiger partial charge in [0.1, 0.15) is 0 Å². The lowest BCUT2D eigenvalue weighted by Gasteiger charge is -2.40. The zero-order chi connectivity index (χ0) is 21.5. The highest BCUT2D eigenvalue weighted by Crippen LogP contribution is 2.45. The Labute approximate surface area is 180 Å². The van der Waals surface area contributed by atoms with Crippen molar-refractivity contribution in [2.75, 3.05) is 39.6 Å². The van der Waals surface area contributed by atoms with E-state index >= 15 is 0 Å². The Hall–Kier alpha value is 0.460. The molecule has 0 heterocycles. The highest BCUT2D eigenvalue weighted by Gasteiger charge is 2.46. The predicted octanol–water partition coefficient (Wildman–Crippen LogP) is 5.45. The van der Waals surface area contributed by atoms with Crippen molar-refractivity contribution >= 4 is 21.6 Å². The first kappa shape index (κ1) is 28.5. The van der Waals surface area contributed by atoms with Crippen LogP contribution in [-0.4, -0.2) is 62.1 Å². The molecule has 8 heteroatoms. The Bertz CT molecular complexity index is 305. The molecule has 170 valence electrons. The second kappa shape index (κ2) is 16.2. The molecule has 0 aromatic heterocycles. The molecule has 6 nitrogen and oxygen atoms in total. The SMILES string of the molecule is CCOC(OCC)(OCC)C(CC)SSC(CC)C(OCC)(OCC)OCC. The van der Waals surface area contributed by atoms with Gasteiger partial charge in [0.2, 0.25) is 0 Å². The van der Waals surface area contributed by atoms with Crippen molar-refractivity contribution in [3.8, 4) is 0 Å². The van der Waals surface area contributed by atoms with Gasteiger partial charge in [-0.05, 0) is 54.4 Å². The summed E-state index contributed by atoms with van der Waals surface area (Å²) < 4.78 is 35.9. The number of hydrogen-bond acceptors (Lipinski definition) is 8. The summed E-state index contributed by atoms with van der Waals surface area (Å²) >= 11 is 0. The predicted molar refractivity (Wildman–Crippen MR) is 119 cm³/mol. The second-order valence-electron chi connectivity index (χ2n) is 5.79. The summed E-state index contributed by atoms with van der Waals surface area (Å²) in [6.45, 7) is 19.0. The van der Waals surface area contributed by atoms with Crippen LogP contribution in [0.1, 0.15) is 68.2 Å². The van der Waals surface area contributed by atoms with E-state index in [-0.39, 0.29) is 10.5 Å². The minimum Gasteiger partial charge on any atom is -0.327 e. The molecule has 0 aromatic rings. The van der Waals surface area contributed by atoms with Gasteiger partial charge in [0.05, 0.1) is 10.5 Å².